The highest BCUT2D eigenvalue weighted by Gasteiger charge is 2.45. The van der Waals surface area contributed by atoms with Crippen molar-refractivity contribution in [2.75, 3.05) is 32.7 Å². The normalized spacial score (nSPS) is 20.3. The van der Waals surface area contributed by atoms with Gasteiger partial charge >= 0.3 is 6.03 Å². The Balaban J connectivity index is 1.56. The zero-order chi connectivity index (χ0) is 21.2. The highest BCUT2D eigenvalue weighted by atomic mass is 32.2. The van der Waals surface area contributed by atoms with Crippen LogP contribution in [-0.4, -0.2) is 78.6 Å². The Morgan fingerprint density at radius 3 is 2.28 bits per heavy atom. The highest BCUT2D eigenvalue weighted by molar-refractivity contribution is 7.92. The summed E-state index contributed by atoms with van der Waals surface area (Å²) in [5, 5.41) is 3.69. The molecule has 2 heterocycles. The summed E-state index contributed by atoms with van der Waals surface area (Å²) in [6, 6.07) is 8.51. The molecule has 4 amide bonds. The molecule has 2 aliphatic rings. The van der Waals surface area contributed by atoms with E-state index in [1.54, 1.807) is 26.0 Å². The van der Waals surface area contributed by atoms with E-state index < -0.39 is 27.5 Å². The van der Waals surface area contributed by atoms with Gasteiger partial charge in [0.1, 0.15) is 12.1 Å². The summed E-state index contributed by atoms with van der Waals surface area (Å²) in [6.45, 7) is 3.50. The van der Waals surface area contributed by atoms with E-state index in [4.69, 9.17) is 0 Å². The van der Waals surface area contributed by atoms with Crippen molar-refractivity contribution in [3.63, 3.8) is 0 Å². The molecule has 0 aliphatic carbocycles. The molecule has 0 aromatic heterocycles. The van der Waals surface area contributed by atoms with E-state index in [0.29, 0.717) is 0 Å². The van der Waals surface area contributed by atoms with Crippen LogP contribution in [-0.2, 0) is 19.6 Å². The number of piperazine rings is 1. The third-order valence-corrected chi connectivity index (χ3v) is 6.49. The number of hydrogen-bond donors (Lipinski definition) is 1. The first-order chi connectivity index (χ1) is 13.6. The fourth-order valence-corrected chi connectivity index (χ4v) is 4.38. The van der Waals surface area contributed by atoms with Crippen LogP contribution in [0.25, 0.3) is 6.08 Å². The van der Waals surface area contributed by atoms with Gasteiger partial charge in [0.05, 0.1) is 0 Å². The molecule has 1 aromatic carbocycles. The van der Waals surface area contributed by atoms with Gasteiger partial charge in [0, 0.05) is 31.6 Å². The predicted octanol–water partition coefficient (Wildman–Crippen LogP) is 0.462. The largest absolute Gasteiger partial charge is 0.338 e. The molecule has 9 nitrogen and oxygen atoms in total. The molecule has 0 unspecified atom stereocenters. The molecule has 0 radical (unpaired) electrons. The Labute approximate surface area is 170 Å². The lowest BCUT2D eigenvalue weighted by atomic mass is 10.1. The van der Waals surface area contributed by atoms with Crippen LogP contribution in [0.1, 0.15) is 19.4 Å². The van der Waals surface area contributed by atoms with Crippen molar-refractivity contribution in [1.82, 2.24) is 19.4 Å². The molecule has 29 heavy (non-hydrogen) atoms. The van der Waals surface area contributed by atoms with Crippen molar-refractivity contribution in [3.8, 4) is 0 Å². The number of carbonyl (C=O) groups excluding carboxylic acids is 3. The minimum absolute atomic E-state index is 0.152. The lowest BCUT2D eigenvalue weighted by Crippen LogP contribution is -2.53. The number of rotatable bonds is 5. The van der Waals surface area contributed by atoms with Gasteiger partial charge < -0.3 is 10.2 Å². The van der Waals surface area contributed by atoms with E-state index in [1.807, 2.05) is 18.2 Å². The molecule has 0 bridgehead atoms. The van der Waals surface area contributed by atoms with Crippen LogP contribution in [0, 0.1) is 0 Å². The number of nitrogens with zero attached hydrogens (tertiary/aromatic N) is 3. The fourth-order valence-electron chi connectivity index (χ4n) is 3.20. The van der Waals surface area contributed by atoms with Crippen molar-refractivity contribution in [2.24, 2.45) is 0 Å². The third-order valence-electron chi connectivity index (χ3n) is 4.92. The van der Waals surface area contributed by atoms with E-state index in [9.17, 15) is 22.8 Å². The predicted molar refractivity (Wildman–Crippen MR) is 107 cm³/mol. The zero-order valence-electron chi connectivity index (χ0n) is 16.4. The van der Waals surface area contributed by atoms with Crippen LogP contribution in [0.2, 0.25) is 0 Å². The smallest absolute Gasteiger partial charge is 0.325 e. The van der Waals surface area contributed by atoms with Crippen molar-refractivity contribution in [3.05, 3.63) is 41.3 Å². The van der Waals surface area contributed by atoms with Crippen LogP contribution in [0.15, 0.2) is 35.7 Å². The quantitative estimate of drug-likeness (QED) is 0.697. The number of urea groups is 1. The zero-order valence-corrected chi connectivity index (χ0v) is 17.2. The summed E-state index contributed by atoms with van der Waals surface area (Å²) in [4.78, 5) is 39.0. The minimum atomic E-state index is -3.60. The maximum Gasteiger partial charge on any atom is 0.325 e. The summed E-state index contributed by atoms with van der Waals surface area (Å²) in [7, 11) is -3.60. The van der Waals surface area contributed by atoms with E-state index in [1.165, 1.54) is 15.3 Å². The van der Waals surface area contributed by atoms with Gasteiger partial charge in [-0.1, -0.05) is 30.3 Å². The molecule has 0 atom stereocenters. The van der Waals surface area contributed by atoms with Crippen molar-refractivity contribution in [1.29, 1.82) is 0 Å². The first-order valence-corrected chi connectivity index (χ1v) is 10.8. The summed E-state index contributed by atoms with van der Waals surface area (Å²) >= 11 is 0. The van der Waals surface area contributed by atoms with E-state index in [-0.39, 0.29) is 38.6 Å². The molecule has 1 N–H and O–H groups in total. The fraction of sp³-hybridized carbons (Fsp3) is 0.421. The Hall–Kier alpha value is -2.72. The van der Waals surface area contributed by atoms with E-state index in [2.05, 4.69) is 5.32 Å². The Morgan fingerprint density at radius 1 is 1.10 bits per heavy atom. The number of benzene rings is 1. The monoisotopic (exact) mass is 420 g/mol. The average molecular weight is 420 g/mol. The van der Waals surface area contributed by atoms with Gasteiger partial charge in [-0.15, -0.1) is 0 Å². The molecule has 2 aliphatic heterocycles. The first-order valence-electron chi connectivity index (χ1n) is 9.25. The molecule has 2 saturated heterocycles. The number of amides is 4. The maximum atomic E-state index is 12.5. The second-order valence-corrected chi connectivity index (χ2v) is 9.30. The number of hydrogen-bond acceptors (Lipinski definition) is 5. The van der Waals surface area contributed by atoms with Gasteiger partial charge in [-0.25, -0.2) is 13.2 Å². The maximum absolute atomic E-state index is 12.5. The van der Waals surface area contributed by atoms with Gasteiger partial charge in [-0.05, 0) is 25.5 Å². The Morgan fingerprint density at radius 2 is 1.72 bits per heavy atom. The SMILES string of the molecule is CC1(C)NC(=O)N(CC(=O)N2CCN(S(=O)(=O)/C=C/c3ccccc3)CC2)C1=O. The second-order valence-electron chi connectivity index (χ2n) is 7.48. The van der Waals surface area contributed by atoms with Gasteiger partial charge in [0.15, 0.2) is 0 Å². The standard InChI is InChI=1S/C19H24N4O5S/c1-19(2)17(25)23(18(26)20-19)14-16(24)21-9-11-22(12-10-21)29(27,28)13-8-15-6-4-3-5-7-15/h3-8,13H,9-12,14H2,1-2H3,(H,20,26)/b13-8+. The highest BCUT2D eigenvalue weighted by Crippen LogP contribution is 2.17. The summed E-state index contributed by atoms with van der Waals surface area (Å²) < 4.78 is 26.3. The number of nitrogens with one attached hydrogen (secondary N) is 1. The van der Waals surface area contributed by atoms with Crippen molar-refractivity contribution >= 4 is 33.9 Å². The van der Waals surface area contributed by atoms with Crippen molar-refractivity contribution in [2.45, 2.75) is 19.4 Å². The van der Waals surface area contributed by atoms with E-state index in [0.717, 1.165) is 15.9 Å². The van der Waals surface area contributed by atoms with Crippen LogP contribution in [0.4, 0.5) is 4.79 Å². The first kappa shape index (κ1) is 21.0. The molecule has 10 heteroatoms. The van der Waals surface area contributed by atoms with Gasteiger partial charge in [0.2, 0.25) is 15.9 Å². The summed E-state index contributed by atoms with van der Waals surface area (Å²) in [6.07, 6.45) is 1.53. The van der Waals surface area contributed by atoms with Gasteiger partial charge in [-0.3, -0.25) is 14.5 Å². The molecule has 0 saturated carbocycles. The molecule has 156 valence electrons. The molecule has 2 fully saturated rings. The molecule has 1 aromatic rings. The van der Waals surface area contributed by atoms with Crippen LogP contribution in [0.3, 0.4) is 0 Å². The minimum Gasteiger partial charge on any atom is -0.338 e. The van der Waals surface area contributed by atoms with E-state index >= 15 is 0 Å². The van der Waals surface area contributed by atoms with Gasteiger partial charge in [-0.2, -0.15) is 4.31 Å². The lowest BCUT2D eigenvalue weighted by Gasteiger charge is -2.34. The second kappa shape index (κ2) is 7.96. The molecule has 0 spiro atoms. The number of carbonyl (C=O) groups is 3. The Bertz CT molecular complexity index is 935. The number of imide groups is 1. The molecular formula is C19H24N4O5S. The number of sulfonamides is 1. The van der Waals surface area contributed by atoms with Crippen molar-refractivity contribution < 1.29 is 22.8 Å². The molecular weight excluding hydrogens is 396 g/mol. The van der Waals surface area contributed by atoms with Crippen LogP contribution in [0.5, 0.6) is 0 Å². The summed E-state index contributed by atoms with van der Waals surface area (Å²) in [5.74, 6) is -0.841. The Kier molecular flexibility index (Phi) is 5.76. The summed E-state index contributed by atoms with van der Waals surface area (Å²) in [5.41, 5.74) is -0.253. The average Bonchev–Trinajstić information content (AvgIpc) is 2.89. The topological polar surface area (TPSA) is 107 Å². The molecule has 3 rings (SSSR count). The van der Waals surface area contributed by atoms with Crippen LogP contribution >= 0.6 is 0 Å². The van der Waals surface area contributed by atoms with Gasteiger partial charge in [0.25, 0.3) is 5.91 Å². The lowest BCUT2D eigenvalue weighted by molar-refractivity contribution is -0.139. The third kappa shape index (κ3) is 4.65. The van der Waals surface area contributed by atoms with Crippen LogP contribution < -0.4 is 5.32 Å².